The number of hydrogen-bond acceptors (Lipinski definition) is 3. The van der Waals surface area contributed by atoms with Crippen LogP contribution in [0.4, 0.5) is 0 Å². The van der Waals surface area contributed by atoms with E-state index in [0.717, 1.165) is 33.8 Å². The first-order chi connectivity index (χ1) is 11.9. The summed E-state index contributed by atoms with van der Waals surface area (Å²) in [5.41, 5.74) is 5.99. The molecule has 3 aromatic heterocycles. The maximum absolute atomic E-state index is 4.52. The van der Waals surface area contributed by atoms with Gasteiger partial charge < -0.3 is 0 Å². The molecule has 1 aromatic carbocycles. The van der Waals surface area contributed by atoms with Crippen molar-refractivity contribution in [3.8, 4) is 33.8 Å². The number of benzene rings is 1. The minimum atomic E-state index is 0.927. The highest BCUT2D eigenvalue weighted by atomic mass is 14.7. The van der Waals surface area contributed by atoms with Crippen LogP contribution < -0.4 is 0 Å². The van der Waals surface area contributed by atoms with Crippen molar-refractivity contribution in [2.45, 2.75) is 0 Å². The Morgan fingerprint density at radius 3 is 1.54 bits per heavy atom. The van der Waals surface area contributed by atoms with Crippen LogP contribution >= 0.6 is 0 Å². The summed E-state index contributed by atoms with van der Waals surface area (Å²) in [6, 6.07) is 24.1. The maximum Gasteiger partial charge on any atom is 0.0708 e. The predicted octanol–water partition coefficient (Wildman–Crippen LogP) is 4.87. The lowest BCUT2D eigenvalue weighted by molar-refractivity contribution is 1.29. The molecular formula is C21H15N3. The second-order valence-corrected chi connectivity index (χ2v) is 5.41. The largest absolute Gasteiger partial charge is 0.256 e. The maximum atomic E-state index is 4.52. The average molecular weight is 309 g/mol. The molecule has 0 aliphatic rings. The first-order valence-electron chi connectivity index (χ1n) is 7.80. The van der Waals surface area contributed by atoms with E-state index in [-0.39, 0.29) is 0 Å². The van der Waals surface area contributed by atoms with Gasteiger partial charge in [-0.15, -0.1) is 0 Å². The summed E-state index contributed by atoms with van der Waals surface area (Å²) in [5.74, 6) is 0. The van der Waals surface area contributed by atoms with E-state index in [1.165, 1.54) is 0 Å². The van der Waals surface area contributed by atoms with Crippen molar-refractivity contribution >= 4 is 0 Å². The molecule has 0 amide bonds. The van der Waals surface area contributed by atoms with Crippen LogP contribution in [0.1, 0.15) is 0 Å². The molecular weight excluding hydrogens is 294 g/mol. The van der Waals surface area contributed by atoms with Gasteiger partial charge >= 0.3 is 0 Å². The summed E-state index contributed by atoms with van der Waals surface area (Å²) < 4.78 is 0. The normalized spacial score (nSPS) is 10.5. The minimum absolute atomic E-state index is 0.927. The molecule has 0 saturated carbocycles. The summed E-state index contributed by atoms with van der Waals surface area (Å²) in [6.45, 7) is 0. The molecule has 0 aliphatic carbocycles. The number of nitrogens with zero attached hydrogens (tertiary/aromatic N) is 3. The van der Waals surface area contributed by atoms with Crippen LogP contribution in [-0.4, -0.2) is 15.0 Å². The molecule has 4 aromatic rings. The fourth-order valence-electron chi connectivity index (χ4n) is 2.72. The molecule has 3 heterocycles. The first kappa shape index (κ1) is 14.3. The van der Waals surface area contributed by atoms with Crippen LogP contribution in [0.25, 0.3) is 33.8 Å². The Hall–Kier alpha value is -3.33. The van der Waals surface area contributed by atoms with Gasteiger partial charge in [0, 0.05) is 35.3 Å². The third-order valence-corrected chi connectivity index (χ3v) is 3.86. The second kappa shape index (κ2) is 6.42. The van der Waals surface area contributed by atoms with Crippen LogP contribution in [-0.2, 0) is 0 Å². The van der Waals surface area contributed by atoms with Gasteiger partial charge in [-0.2, -0.15) is 0 Å². The van der Waals surface area contributed by atoms with Crippen molar-refractivity contribution in [2.75, 3.05) is 0 Å². The number of aromatic nitrogens is 3. The van der Waals surface area contributed by atoms with Crippen molar-refractivity contribution in [3.63, 3.8) is 0 Å². The molecule has 0 bridgehead atoms. The van der Waals surface area contributed by atoms with Gasteiger partial charge in [-0.3, -0.25) is 15.0 Å². The molecule has 114 valence electrons. The van der Waals surface area contributed by atoms with Crippen LogP contribution in [0.2, 0.25) is 0 Å². The van der Waals surface area contributed by atoms with Gasteiger partial charge in [0.2, 0.25) is 0 Å². The van der Waals surface area contributed by atoms with E-state index < -0.39 is 0 Å². The van der Waals surface area contributed by atoms with E-state index in [9.17, 15) is 0 Å². The van der Waals surface area contributed by atoms with Gasteiger partial charge in [0.25, 0.3) is 0 Å². The zero-order valence-corrected chi connectivity index (χ0v) is 13.0. The third-order valence-electron chi connectivity index (χ3n) is 3.86. The van der Waals surface area contributed by atoms with Crippen LogP contribution in [0.15, 0.2) is 91.4 Å². The Morgan fingerprint density at radius 2 is 1.00 bits per heavy atom. The second-order valence-electron chi connectivity index (χ2n) is 5.41. The fraction of sp³-hybridized carbons (Fsp3) is 0. The zero-order valence-electron chi connectivity index (χ0n) is 13.0. The summed E-state index contributed by atoms with van der Waals surface area (Å²) >= 11 is 0. The quantitative estimate of drug-likeness (QED) is 0.542. The van der Waals surface area contributed by atoms with Crippen molar-refractivity contribution < 1.29 is 0 Å². The van der Waals surface area contributed by atoms with Crippen molar-refractivity contribution in [1.82, 2.24) is 15.0 Å². The summed E-state index contributed by atoms with van der Waals surface area (Å²) in [5, 5.41) is 0. The smallest absolute Gasteiger partial charge is 0.0708 e. The highest BCUT2D eigenvalue weighted by Gasteiger charge is 2.11. The van der Waals surface area contributed by atoms with Crippen molar-refractivity contribution in [3.05, 3.63) is 91.4 Å². The Labute approximate surface area is 140 Å². The third kappa shape index (κ3) is 2.79. The van der Waals surface area contributed by atoms with Gasteiger partial charge in [0.05, 0.1) is 17.1 Å². The SMILES string of the molecule is c1ccc(-c2ccc(-c3ccccn3)c(-c3ccccn3)c2)nc1. The van der Waals surface area contributed by atoms with Gasteiger partial charge in [-0.25, -0.2) is 0 Å². The van der Waals surface area contributed by atoms with Crippen LogP contribution in [0.5, 0.6) is 0 Å². The molecule has 4 rings (SSSR count). The van der Waals surface area contributed by atoms with E-state index in [2.05, 4.69) is 33.2 Å². The molecule has 0 atom stereocenters. The fourth-order valence-corrected chi connectivity index (χ4v) is 2.72. The lowest BCUT2D eigenvalue weighted by atomic mass is 9.97. The Morgan fingerprint density at radius 1 is 0.458 bits per heavy atom. The lowest BCUT2D eigenvalue weighted by Crippen LogP contribution is -1.91. The Bertz CT molecular complexity index is 936. The molecule has 0 aliphatic heterocycles. The number of rotatable bonds is 3. The molecule has 3 nitrogen and oxygen atoms in total. The zero-order chi connectivity index (χ0) is 16.2. The van der Waals surface area contributed by atoms with Gasteiger partial charge in [0.15, 0.2) is 0 Å². The highest BCUT2D eigenvalue weighted by molar-refractivity contribution is 5.83. The Balaban J connectivity index is 1.92. The Kier molecular flexibility index (Phi) is 3.82. The average Bonchev–Trinajstić information content (AvgIpc) is 2.69. The molecule has 0 N–H and O–H groups in total. The molecule has 0 fully saturated rings. The molecule has 0 spiro atoms. The van der Waals surface area contributed by atoms with Gasteiger partial charge in [0.1, 0.15) is 0 Å². The number of pyridine rings is 3. The van der Waals surface area contributed by atoms with Gasteiger partial charge in [-0.05, 0) is 42.5 Å². The minimum Gasteiger partial charge on any atom is -0.256 e. The molecule has 0 radical (unpaired) electrons. The highest BCUT2D eigenvalue weighted by Crippen LogP contribution is 2.33. The molecule has 3 heteroatoms. The monoisotopic (exact) mass is 309 g/mol. The van der Waals surface area contributed by atoms with E-state index in [4.69, 9.17) is 0 Å². The first-order valence-corrected chi connectivity index (χ1v) is 7.80. The standard InChI is InChI=1S/C21H15N3/c1-4-12-22-19(7-1)16-10-11-17(20-8-2-5-13-23-20)18(15-16)21-9-3-6-14-24-21/h1-15H. The summed E-state index contributed by atoms with van der Waals surface area (Å²) in [4.78, 5) is 13.5. The molecule has 24 heavy (non-hydrogen) atoms. The van der Waals surface area contributed by atoms with Crippen LogP contribution in [0.3, 0.4) is 0 Å². The molecule has 0 saturated heterocycles. The molecule has 0 unspecified atom stereocenters. The van der Waals surface area contributed by atoms with E-state index in [1.807, 2.05) is 73.2 Å². The summed E-state index contributed by atoms with van der Waals surface area (Å²) in [6.07, 6.45) is 5.43. The van der Waals surface area contributed by atoms with Crippen molar-refractivity contribution in [1.29, 1.82) is 0 Å². The topological polar surface area (TPSA) is 38.7 Å². The lowest BCUT2D eigenvalue weighted by Gasteiger charge is -2.11. The predicted molar refractivity (Wildman–Crippen MR) is 96.1 cm³/mol. The van der Waals surface area contributed by atoms with Crippen LogP contribution in [0, 0.1) is 0 Å². The van der Waals surface area contributed by atoms with E-state index >= 15 is 0 Å². The van der Waals surface area contributed by atoms with Crippen molar-refractivity contribution in [2.24, 2.45) is 0 Å². The number of hydrogen-bond donors (Lipinski definition) is 0. The van der Waals surface area contributed by atoms with E-state index in [0.29, 0.717) is 0 Å². The van der Waals surface area contributed by atoms with Gasteiger partial charge in [-0.1, -0.05) is 30.3 Å². The summed E-state index contributed by atoms with van der Waals surface area (Å²) in [7, 11) is 0. The van der Waals surface area contributed by atoms with E-state index in [1.54, 1.807) is 0 Å².